The first-order valence-corrected chi connectivity index (χ1v) is 6.34. The topological polar surface area (TPSA) is 46.3 Å². The molecule has 4 heteroatoms. The van der Waals surface area contributed by atoms with Crippen molar-refractivity contribution in [3.8, 4) is 0 Å². The van der Waals surface area contributed by atoms with E-state index in [1.54, 1.807) is 43.4 Å². The van der Waals surface area contributed by atoms with Crippen LogP contribution in [0.25, 0.3) is 0 Å². The summed E-state index contributed by atoms with van der Waals surface area (Å²) < 4.78 is 13.6. The molecule has 2 N–H and O–H groups in total. The summed E-state index contributed by atoms with van der Waals surface area (Å²) in [6, 6.07) is 11.6. The zero-order valence-corrected chi connectivity index (χ0v) is 11.6. The van der Waals surface area contributed by atoms with Gasteiger partial charge in [0, 0.05) is 30.4 Å². The Kier molecular flexibility index (Phi) is 4.03. The summed E-state index contributed by atoms with van der Waals surface area (Å²) in [4.78, 5) is 13.7. The molecule has 0 saturated heterocycles. The predicted molar refractivity (Wildman–Crippen MR) is 77.8 cm³/mol. The highest BCUT2D eigenvalue weighted by molar-refractivity contribution is 5.95. The lowest BCUT2D eigenvalue weighted by Crippen LogP contribution is -2.26. The van der Waals surface area contributed by atoms with Gasteiger partial charge in [-0.25, -0.2) is 4.39 Å². The van der Waals surface area contributed by atoms with Crippen molar-refractivity contribution in [1.29, 1.82) is 0 Å². The number of amides is 1. The highest BCUT2D eigenvalue weighted by Crippen LogP contribution is 2.16. The smallest absolute Gasteiger partial charge is 0.253 e. The summed E-state index contributed by atoms with van der Waals surface area (Å²) >= 11 is 0. The maximum atomic E-state index is 13.6. The van der Waals surface area contributed by atoms with E-state index in [0.717, 1.165) is 5.56 Å². The second kappa shape index (κ2) is 5.74. The third kappa shape index (κ3) is 2.96. The highest BCUT2D eigenvalue weighted by atomic mass is 19.1. The second-order valence-corrected chi connectivity index (χ2v) is 4.82. The quantitative estimate of drug-likeness (QED) is 0.873. The average molecular weight is 272 g/mol. The summed E-state index contributed by atoms with van der Waals surface area (Å²) in [5.74, 6) is -0.490. The Bertz CT molecular complexity index is 640. The fourth-order valence-corrected chi connectivity index (χ4v) is 1.95. The number of nitrogens with two attached hydrogens (primary N) is 1. The molecular weight excluding hydrogens is 255 g/mol. The van der Waals surface area contributed by atoms with Gasteiger partial charge in [-0.3, -0.25) is 4.79 Å². The fourth-order valence-electron chi connectivity index (χ4n) is 1.95. The van der Waals surface area contributed by atoms with E-state index in [1.165, 1.54) is 11.0 Å². The minimum atomic E-state index is -0.310. The van der Waals surface area contributed by atoms with Gasteiger partial charge in [-0.2, -0.15) is 0 Å². The van der Waals surface area contributed by atoms with Crippen LogP contribution in [0.5, 0.6) is 0 Å². The SMILES string of the molecule is Cc1ccc(C(=O)N(C)Cc2ccccc2F)cc1N. The summed E-state index contributed by atoms with van der Waals surface area (Å²) in [6.45, 7) is 2.10. The Morgan fingerprint density at radius 1 is 1.25 bits per heavy atom. The van der Waals surface area contributed by atoms with E-state index in [1.807, 2.05) is 6.92 Å². The molecule has 20 heavy (non-hydrogen) atoms. The summed E-state index contributed by atoms with van der Waals surface area (Å²) in [6.07, 6.45) is 0. The van der Waals surface area contributed by atoms with E-state index in [2.05, 4.69) is 0 Å². The molecule has 1 amide bonds. The number of halogens is 1. The van der Waals surface area contributed by atoms with Crippen molar-refractivity contribution in [2.45, 2.75) is 13.5 Å². The lowest BCUT2D eigenvalue weighted by Gasteiger charge is -2.18. The van der Waals surface area contributed by atoms with Crippen LogP contribution < -0.4 is 5.73 Å². The van der Waals surface area contributed by atoms with E-state index >= 15 is 0 Å². The normalized spacial score (nSPS) is 10.3. The lowest BCUT2D eigenvalue weighted by atomic mass is 10.1. The van der Waals surface area contributed by atoms with Crippen LogP contribution in [0.3, 0.4) is 0 Å². The summed E-state index contributed by atoms with van der Waals surface area (Å²) in [5.41, 5.74) is 8.31. The molecule has 0 spiro atoms. The number of rotatable bonds is 3. The van der Waals surface area contributed by atoms with Crippen LogP contribution in [0.4, 0.5) is 10.1 Å². The number of carbonyl (C=O) groups is 1. The van der Waals surface area contributed by atoms with Crippen LogP contribution in [-0.2, 0) is 6.54 Å². The Labute approximate surface area is 117 Å². The Morgan fingerprint density at radius 2 is 1.95 bits per heavy atom. The predicted octanol–water partition coefficient (Wildman–Crippen LogP) is 2.99. The number of hydrogen-bond donors (Lipinski definition) is 1. The van der Waals surface area contributed by atoms with Gasteiger partial charge in [0.2, 0.25) is 0 Å². The molecule has 0 aliphatic rings. The highest BCUT2D eigenvalue weighted by Gasteiger charge is 2.14. The van der Waals surface area contributed by atoms with Crippen molar-refractivity contribution in [2.24, 2.45) is 0 Å². The van der Waals surface area contributed by atoms with Crippen LogP contribution in [0.1, 0.15) is 21.5 Å². The number of nitrogens with zero attached hydrogens (tertiary/aromatic N) is 1. The number of nitrogen functional groups attached to an aromatic ring is 1. The molecule has 104 valence electrons. The van der Waals surface area contributed by atoms with Crippen molar-refractivity contribution in [1.82, 2.24) is 4.90 Å². The summed E-state index contributed by atoms with van der Waals surface area (Å²) in [7, 11) is 1.64. The lowest BCUT2D eigenvalue weighted by molar-refractivity contribution is 0.0784. The van der Waals surface area contributed by atoms with Gasteiger partial charge in [0.15, 0.2) is 0 Å². The van der Waals surface area contributed by atoms with Gasteiger partial charge >= 0.3 is 0 Å². The van der Waals surface area contributed by atoms with Crippen LogP contribution in [0.15, 0.2) is 42.5 Å². The molecule has 0 aromatic heterocycles. The van der Waals surface area contributed by atoms with Crippen molar-refractivity contribution >= 4 is 11.6 Å². The molecule has 2 aromatic rings. The molecular formula is C16H17FN2O. The number of hydrogen-bond acceptors (Lipinski definition) is 2. The second-order valence-electron chi connectivity index (χ2n) is 4.82. The first kappa shape index (κ1) is 14.1. The third-order valence-corrected chi connectivity index (χ3v) is 3.24. The van der Waals surface area contributed by atoms with E-state index in [-0.39, 0.29) is 18.3 Å². The van der Waals surface area contributed by atoms with Gasteiger partial charge in [-0.05, 0) is 30.7 Å². The Balaban J connectivity index is 2.16. The maximum Gasteiger partial charge on any atom is 0.253 e. The zero-order chi connectivity index (χ0) is 14.7. The van der Waals surface area contributed by atoms with Gasteiger partial charge in [0.1, 0.15) is 5.82 Å². The number of anilines is 1. The van der Waals surface area contributed by atoms with Gasteiger partial charge in [-0.1, -0.05) is 24.3 Å². The Morgan fingerprint density at radius 3 is 2.60 bits per heavy atom. The molecule has 3 nitrogen and oxygen atoms in total. The molecule has 0 aliphatic heterocycles. The standard InChI is InChI=1S/C16H17FN2O/c1-11-7-8-12(9-15(11)18)16(20)19(2)10-13-5-3-4-6-14(13)17/h3-9H,10,18H2,1-2H3. The minimum absolute atomic E-state index is 0.181. The van der Waals surface area contributed by atoms with Gasteiger partial charge in [-0.15, -0.1) is 0 Å². The van der Waals surface area contributed by atoms with Crippen LogP contribution in [0.2, 0.25) is 0 Å². The number of benzene rings is 2. The van der Waals surface area contributed by atoms with E-state index in [4.69, 9.17) is 5.73 Å². The molecule has 2 rings (SSSR count). The molecule has 2 aromatic carbocycles. The largest absolute Gasteiger partial charge is 0.398 e. The van der Waals surface area contributed by atoms with Gasteiger partial charge in [0.05, 0.1) is 0 Å². The molecule has 0 aliphatic carbocycles. The van der Waals surface area contributed by atoms with Crippen molar-refractivity contribution in [3.05, 3.63) is 65.0 Å². The summed E-state index contributed by atoms with van der Waals surface area (Å²) in [5, 5.41) is 0. The average Bonchev–Trinajstić information content (AvgIpc) is 2.43. The Hall–Kier alpha value is -2.36. The van der Waals surface area contributed by atoms with E-state index in [9.17, 15) is 9.18 Å². The molecule has 0 heterocycles. The van der Waals surface area contributed by atoms with Crippen LogP contribution in [-0.4, -0.2) is 17.9 Å². The molecule has 0 radical (unpaired) electrons. The van der Waals surface area contributed by atoms with Crippen molar-refractivity contribution < 1.29 is 9.18 Å². The van der Waals surface area contributed by atoms with Crippen LogP contribution >= 0.6 is 0 Å². The maximum absolute atomic E-state index is 13.6. The van der Waals surface area contributed by atoms with Crippen molar-refractivity contribution in [3.63, 3.8) is 0 Å². The van der Waals surface area contributed by atoms with E-state index in [0.29, 0.717) is 16.8 Å². The van der Waals surface area contributed by atoms with Crippen molar-refractivity contribution in [2.75, 3.05) is 12.8 Å². The monoisotopic (exact) mass is 272 g/mol. The molecule has 0 fully saturated rings. The van der Waals surface area contributed by atoms with E-state index < -0.39 is 0 Å². The first-order valence-electron chi connectivity index (χ1n) is 6.34. The zero-order valence-electron chi connectivity index (χ0n) is 11.6. The van der Waals surface area contributed by atoms with Crippen LogP contribution in [0, 0.1) is 12.7 Å². The van der Waals surface area contributed by atoms with Gasteiger partial charge < -0.3 is 10.6 Å². The minimum Gasteiger partial charge on any atom is -0.398 e. The third-order valence-electron chi connectivity index (χ3n) is 3.24. The number of carbonyl (C=O) groups excluding carboxylic acids is 1. The van der Waals surface area contributed by atoms with Gasteiger partial charge in [0.25, 0.3) is 5.91 Å². The first-order chi connectivity index (χ1) is 9.49. The molecule has 0 atom stereocenters. The molecule has 0 saturated carbocycles. The molecule has 0 unspecified atom stereocenters. The fraction of sp³-hybridized carbons (Fsp3) is 0.188. The number of aryl methyl sites for hydroxylation is 1. The molecule has 0 bridgehead atoms.